The molecule has 0 aliphatic rings. The van der Waals surface area contributed by atoms with Gasteiger partial charge < -0.3 is 10.1 Å². The molecule has 2 aromatic heterocycles. The molecule has 8 heteroatoms. The molecular formula is C17H13Cl2N3O2S. The number of aromatic nitrogens is 2. The summed E-state index contributed by atoms with van der Waals surface area (Å²) in [6, 6.07) is 12.8. The first kappa shape index (κ1) is 17.7. The molecule has 128 valence electrons. The molecule has 2 heterocycles. The zero-order valence-corrected chi connectivity index (χ0v) is 15.4. The molecule has 5 nitrogen and oxygen atoms in total. The summed E-state index contributed by atoms with van der Waals surface area (Å²) in [7, 11) is 1.30. The maximum atomic E-state index is 11.7. The number of anilines is 1. The summed E-state index contributed by atoms with van der Waals surface area (Å²) in [6.45, 7) is 0. The summed E-state index contributed by atoms with van der Waals surface area (Å²) in [4.78, 5) is 20.6. The van der Waals surface area contributed by atoms with Gasteiger partial charge in [-0.25, -0.2) is 9.78 Å². The third-order valence-corrected chi connectivity index (χ3v) is 4.98. The van der Waals surface area contributed by atoms with Crippen LogP contribution in [0.4, 0.5) is 5.13 Å². The van der Waals surface area contributed by atoms with Crippen molar-refractivity contribution >= 4 is 45.6 Å². The second kappa shape index (κ2) is 7.82. The lowest BCUT2D eigenvalue weighted by molar-refractivity contribution is 0.0606. The van der Waals surface area contributed by atoms with Crippen LogP contribution in [-0.2, 0) is 4.74 Å². The van der Waals surface area contributed by atoms with E-state index in [0.717, 1.165) is 22.6 Å². The van der Waals surface area contributed by atoms with Crippen molar-refractivity contribution in [3.05, 3.63) is 75.0 Å². The fraction of sp³-hybridized carbons (Fsp3) is 0.118. The van der Waals surface area contributed by atoms with Crippen LogP contribution in [0, 0.1) is 0 Å². The number of benzene rings is 1. The SMILES string of the molecule is COC(=O)c1sc(NC(c2cccc(Cl)c2)c2ccccn2)nc1Cl. The number of ether oxygens (including phenoxy) is 1. The maximum absolute atomic E-state index is 11.7. The van der Waals surface area contributed by atoms with Crippen LogP contribution >= 0.6 is 34.5 Å². The Labute approximate surface area is 158 Å². The minimum atomic E-state index is -0.521. The van der Waals surface area contributed by atoms with Gasteiger partial charge in [-0.15, -0.1) is 0 Å². The van der Waals surface area contributed by atoms with Crippen molar-refractivity contribution < 1.29 is 9.53 Å². The lowest BCUT2D eigenvalue weighted by Gasteiger charge is -2.18. The zero-order chi connectivity index (χ0) is 17.8. The highest BCUT2D eigenvalue weighted by atomic mass is 35.5. The first-order valence-electron chi connectivity index (χ1n) is 7.26. The molecule has 3 rings (SSSR count). The molecule has 0 spiro atoms. The number of nitrogens with zero attached hydrogens (tertiary/aromatic N) is 2. The van der Waals surface area contributed by atoms with Crippen molar-refractivity contribution in [2.24, 2.45) is 0 Å². The highest BCUT2D eigenvalue weighted by Crippen LogP contribution is 2.32. The van der Waals surface area contributed by atoms with Crippen molar-refractivity contribution in [2.45, 2.75) is 6.04 Å². The van der Waals surface area contributed by atoms with E-state index in [1.54, 1.807) is 12.3 Å². The summed E-state index contributed by atoms with van der Waals surface area (Å²) >= 11 is 13.3. The van der Waals surface area contributed by atoms with Crippen molar-refractivity contribution in [3.8, 4) is 0 Å². The Kier molecular flexibility index (Phi) is 5.53. The Hall–Kier alpha value is -2.15. The molecule has 3 aromatic rings. The van der Waals surface area contributed by atoms with Gasteiger partial charge in [0.2, 0.25) is 0 Å². The number of esters is 1. The predicted octanol–water partition coefficient (Wildman–Crippen LogP) is 4.83. The van der Waals surface area contributed by atoms with Gasteiger partial charge in [0, 0.05) is 11.2 Å². The molecule has 0 radical (unpaired) electrons. The van der Waals surface area contributed by atoms with Crippen LogP contribution in [0.1, 0.15) is 27.0 Å². The van der Waals surface area contributed by atoms with E-state index in [4.69, 9.17) is 27.9 Å². The molecule has 25 heavy (non-hydrogen) atoms. The number of rotatable bonds is 5. The molecule has 0 amide bonds. The van der Waals surface area contributed by atoms with Gasteiger partial charge in [-0.3, -0.25) is 4.98 Å². The van der Waals surface area contributed by atoms with Crippen molar-refractivity contribution in [1.82, 2.24) is 9.97 Å². The van der Waals surface area contributed by atoms with E-state index in [1.807, 2.05) is 36.4 Å². The molecule has 0 saturated carbocycles. The lowest BCUT2D eigenvalue weighted by atomic mass is 10.0. The van der Waals surface area contributed by atoms with Gasteiger partial charge in [-0.05, 0) is 29.8 Å². The van der Waals surface area contributed by atoms with E-state index in [2.05, 4.69) is 15.3 Å². The Balaban J connectivity index is 1.97. The van der Waals surface area contributed by atoms with Gasteiger partial charge in [0.05, 0.1) is 18.8 Å². The molecule has 1 atom stereocenters. The molecule has 1 unspecified atom stereocenters. The Morgan fingerprint density at radius 3 is 2.76 bits per heavy atom. The van der Waals surface area contributed by atoms with Gasteiger partial charge in [0.1, 0.15) is 0 Å². The van der Waals surface area contributed by atoms with E-state index in [-0.39, 0.29) is 16.1 Å². The minimum Gasteiger partial charge on any atom is -0.465 e. The first-order valence-corrected chi connectivity index (χ1v) is 8.83. The monoisotopic (exact) mass is 393 g/mol. The average Bonchev–Trinajstić information content (AvgIpc) is 3.00. The second-order valence-electron chi connectivity index (χ2n) is 5.02. The van der Waals surface area contributed by atoms with E-state index < -0.39 is 5.97 Å². The van der Waals surface area contributed by atoms with Crippen LogP contribution in [0.15, 0.2) is 48.7 Å². The van der Waals surface area contributed by atoms with Gasteiger partial charge in [-0.2, -0.15) is 0 Å². The van der Waals surface area contributed by atoms with E-state index >= 15 is 0 Å². The smallest absolute Gasteiger partial charge is 0.351 e. The fourth-order valence-electron chi connectivity index (χ4n) is 2.27. The molecule has 0 aliphatic carbocycles. The zero-order valence-electron chi connectivity index (χ0n) is 13.1. The van der Waals surface area contributed by atoms with Gasteiger partial charge in [0.25, 0.3) is 0 Å². The molecule has 0 bridgehead atoms. The third kappa shape index (κ3) is 4.10. The predicted molar refractivity (Wildman–Crippen MR) is 99.6 cm³/mol. The lowest BCUT2D eigenvalue weighted by Crippen LogP contribution is -2.13. The second-order valence-corrected chi connectivity index (χ2v) is 6.81. The number of hydrogen-bond acceptors (Lipinski definition) is 6. The minimum absolute atomic E-state index is 0.102. The molecule has 0 aliphatic heterocycles. The van der Waals surface area contributed by atoms with Gasteiger partial charge in [-0.1, -0.05) is 52.7 Å². The number of halogens is 2. The molecular weight excluding hydrogens is 381 g/mol. The van der Waals surface area contributed by atoms with Crippen LogP contribution in [0.2, 0.25) is 10.2 Å². The number of carbonyl (C=O) groups excluding carboxylic acids is 1. The van der Waals surface area contributed by atoms with Crippen LogP contribution in [-0.4, -0.2) is 23.0 Å². The average molecular weight is 394 g/mol. The van der Waals surface area contributed by atoms with Gasteiger partial charge >= 0.3 is 5.97 Å². The topological polar surface area (TPSA) is 64.1 Å². The van der Waals surface area contributed by atoms with Crippen LogP contribution in [0.25, 0.3) is 0 Å². The highest BCUT2D eigenvalue weighted by Gasteiger charge is 2.21. The Bertz CT molecular complexity index is 887. The molecule has 1 aromatic carbocycles. The number of methoxy groups -OCH3 is 1. The largest absolute Gasteiger partial charge is 0.465 e. The van der Waals surface area contributed by atoms with Crippen LogP contribution in [0.5, 0.6) is 0 Å². The van der Waals surface area contributed by atoms with Gasteiger partial charge in [0.15, 0.2) is 15.2 Å². The van der Waals surface area contributed by atoms with E-state index in [9.17, 15) is 4.79 Å². The molecule has 0 saturated heterocycles. The van der Waals surface area contributed by atoms with Crippen LogP contribution < -0.4 is 5.32 Å². The third-order valence-electron chi connectivity index (χ3n) is 3.39. The van der Waals surface area contributed by atoms with Crippen molar-refractivity contribution in [1.29, 1.82) is 0 Å². The Morgan fingerprint density at radius 2 is 2.08 bits per heavy atom. The maximum Gasteiger partial charge on any atom is 0.351 e. The number of carbonyl (C=O) groups is 1. The summed E-state index contributed by atoms with van der Waals surface area (Å²) in [5.41, 5.74) is 1.70. The van der Waals surface area contributed by atoms with E-state index in [0.29, 0.717) is 10.2 Å². The summed E-state index contributed by atoms with van der Waals surface area (Å²) in [5, 5.41) is 4.48. The number of nitrogens with one attached hydrogen (secondary N) is 1. The normalized spacial score (nSPS) is 11.8. The number of hydrogen-bond donors (Lipinski definition) is 1. The fourth-order valence-corrected chi connectivity index (χ4v) is 3.60. The highest BCUT2D eigenvalue weighted by molar-refractivity contribution is 7.18. The summed E-state index contributed by atoms with van der Waals surface area (Å²) < 4.78 is 4.71. The molecule has 0 fully saturated rings. The number of thiazole rings is 1. The quantitative estimate of drug-likeness (QED) is 0.628. The first-order chi connectivity index (χ1) is 12.1. The summed E-state index contributed by atoms with van der Waals surface area (Å²) in [6.07, 6.45) is 1.71. The van der Waals surface area contributed by atoms with Crippen molar-refractivity contribution in [2.75, 3.05) is 12.4 Å². The van der Waals surface area contributed by atoms with E-state index in [1.165, 1.54) is 7.11 Å². The standard InChI is InChI=1S/C17H13Cl2N3O2S/c1-24-16(23)14-15(19)22-17(25-14)21-13(12-7-2-3-8-20-12)10-5-4-6-11(18)9-10/h2-9,13H,1H3,(H,21,22). The number of pyridine rings is 1. The Morgan fingerprint density at radius 1 is 1.24 bits per heavy atom. The molecule has 1 N–H and O–H groups in total. The van der Waals surface area contributed by atoms with Crippen molar-refractivity contribution in [3.63, 3.8) is 0 Å². The van der Waals surface area contributed by atoms with Crippen LogP contribution in [0.3, 0.4) is 0 Å². The summed E-state index contributed by atoms with van der Waals surface area (Å²) in [5.74, 6) is -0.521.